The summed E-state index contributed by atoms with van der Waals surface area (Å²) in [5.74, 6) is -0.433. The summed E-state index contributed by atoms with van der Waals surface area (Å²) in [5, 5.41) is 1.10. The Kier molecular flexibility index (Phi) is 2.29. The minimum atomic E-state index is -0.433. The molecule has 0 fully saturated rings. The number of primary amides is 1. The topological polar surface area (TPSA) is 58.9 Å². The fraction of sp³-hybridized carbons (Fsp3) is 0.0833. The molecule has 0 spiro atoms. The van der Waals surface area contributed by atoms with Crippen LogP contribution in [0.4, 0.5) is 0 Å². The van der Waals surface area contributed by atoms with E-state index < -0.39 is 5.91 Å². The van der Waals surface area contributed by atoms with Crippen molar-refractivity contribution in [3.63, 3.8) is 0 Å². The number of rotatable bonds is 2. The largest absolute Gasteiger partial charge is 0.366 e. The van der Waals surface area contributed by atoms with Crippen LogP contribution in [-0.2, 0) is 4.79 Å². The molecule has 1 aromatic heterocycles. The maximum Gasteiger partial charge on any atom is 0.241 e. The summed E-state index contributed by atoms with van der Waals surface area (Å²) in [6.45, 7) is 2.04. The highest BCUT2D eigenvalue weighted by Gasteiger charge is 2.00. The number of aromatic amines is 1. The first kappa shape index (κ1) is 9.52. The van der Waals surface area contributed by atoms with Gasteiger partial charge in [-0.15, -0.1) is 0 Å². The van der Waals surface area contributed by atoms with Crippen LogP contribution in [0.2, 0.25) is 0 Å². The highest BCUT2D eigenvalue weighted by molar-refractivity contribution is 5.95. The third kappa shape index (κ3) is 1.91. The SMILES string of the molecule is Cc1ccc2[nH]cc(/C=C\C(N)=O)c2c1. The van der Waals surface area contributed by atoms with Crippen molar-refractivity contribution >= 4 is 22.9 Å². The van der Waals surface area contributed by atoms with Crippen LogP contribution < -0.4 is 5.73 Å². The van der Waals surface area contributed by atoms with Gasteiger partial charge in [0.25, 0.3) is 0 Å². The van der Waals surface area contributed by atoms with Gasteiger partial charge >= 0.3 is 0 Å². The van der Waals surface area contributed by atoms with Crippen LogP contribution in [0, 0.1) is 6.92 Å². The van der Waals surface area contributed by atoms with Gasteiger partial charge in [-0.3, -0.25) is 4.79 Å². The van der Waals surface area contributed by atoms with E-state index in [1.165, 1.54) is 11.6 Å². The van der Waals surface area contributed by atoms with Gasteiger partial charge in [-0.2, -0.15) is 0 Å². The lowest BCUT2D eigenvalue weighted by molar-refractivity contribution is -0.113. The Balaban J connectivity index is 2.52. The van der Waals surface area contributed by atoms with Gasteiger partial charge in [-0.05, 0) is 30.7 Å². The molecule has 0 bridgehead atoms. The molecular formula is C12H12N2O. The van der Waals surface area contributed by atoms with E-state index >= 15 is 0 Å². The molecule has 0 aliphatic heterocycles. The van der Waals surface area contributed by atoms with Crippen LogP contribution in [0.25, 0.3) is 17.0 Å². The van der Waals surface area contributed by atoms with Crippen molar-refractivity contribution in [2.45, 2.75) is 6.92 Å². The van der Waals surface area contributed by atoms with Gasteiger partial charge in [-0.25, -0.2) is 0 Å². The normalized spacial score (nSPS) is 11.3. The molecular weight excluding hydrogens is 188 g/mol. The molecule has 1 heterocycles. The first-order valence-corrected chi connectivity index (χ1v) is 4.72. The highest BCUT2D eigenvalue weighted by Crippen LogP contribution is 2.20. The van der Waals surface area contributed by atoms with E-state index in [1.807, 2.05) is 25.3 Å². The second kappa shape index (κ2) is 3.61. The van der Waals surface area contributed by atoms with E-state index in [2.05, 4.69) is 11.1 Å². The molecule has 76 valence electrons. The Hall–Kier alpha value is -2.03. The monoisotopic (exact) mass is 200 g/mol. The Morgan fingerprint density at radius 2 is 2.27 bits per heavy atom. The molecule has 0 aliphatic carbocycles. The minimum absolute atomic E-state index is 0.433. The van der Waals surface area contributed by atoms with Gasteiger partial charge in [0.05, 0.1) is 0 Å². The lowest BCUT2D eigenvalue weighted by Crippen LogP contribution is -2.04. The number of carbonyl (C=O) groups is 1. The average molecular weight is 200 g/mol. The standard InChI is InChI=1S/C12H12N2O/c1-8-2-4-11-10(6-8)9(7-14-11)3-5-12(13)15/h2-7,14H,1H3,(H2,13,15)/b5-3-. The second-order valence-corrected chi connectivity index (χ2v) is 3.53. The highest BCUT2D eigenvalue weighted by atomic mass is 16.1. The summed E-state index contributed by atoms with van der Waals surface area (Å²) < 4.78 is 0. The number of nitrogens with one attached hydrogen (secondary N) is 1. The predicted octanol–water partition coefficient (Wildman–Crippen LogP) is 1.97. The molecule has 2 rings (SSSR count). The zero-order valence-electron chi connectivity index (χ0n) is 8.45. The number of benzene rings is 1. The Bertz CT molecular complexity index is 538. The zero-order valence-corrected chi connectivity index (χ0v) is 8.45. The van der Waals surface area contributed by atoms with E-state index in [0.29, 0.717) is 0 Å². The molecule has 0 unspecified atom stereocenters. The molecule has 2 aromatic rings. The molecule has 1 amide bonds. The van der Waals surface area contributed by atoms with Crippen LogP contribution in [-0.4, -0.2) is 10.9 Å². The molecule has 3 heteroatoms. The number of nitrogens with two attached hydrogens (primary N) is 1. The molecule has 0 aliphatic rings. The Morgan fingerprint density at radius 3 is 3.00 bits per heavy atom. The molecule has 0 radical (unpaired) electrons. The third-order valence-corrected chi connectivity index (χ3v) is 2.30. The van der Waals surface area contributed by atoms with Crippen LogP contribution in [0.5, 0.6) is 0 Å². The van der Waals surface area contributed by atoms with Crippen LogP contribution in [0.3, 0.4) is 0 Å². The lowest BCUT2D eigenvalue weighted by Gasteiger charge is -1.94. The smallest absolute Gasteiger partial charge is 0.241 e. The summed E-state index contributed by atoms with van der Waals surface area (Å²) in [7, 11) is 0. The number of amides is 1. The maximum atomic E-state index is 10.6. The van der Waals surface area contributed by atoms with Gasteiger partial charge in [0.15, 0.2) is 0 Å². The average Bonchev–Trinajstić information content (AvgIpc) is 2.57. The summed E-state index contributed by atoms with van der Waals surface area (Å²) >= 11 is 0. The quantitative estimate of drug-likeness (QED) is 0.715. The van der Waals surface area contributed by atoms with Crippen LogP contribution >= 0.6 is 0 Å². The molecule has 0 saturated carbocycles. The molecule has 1 aromatic carbocycles. The number of aryl methyl sites for hydroxylation is 1. The number of aromatic nitrogens is 1. The van der Waals surface area contributed by atoms with Gasteiger partial charge in [0.1, 0.15) is 0 Å². The predicted molar refractivity (Wildman–Crippen MR) is 61.3 cm³/mol. The van der Waals surface area contributed by atoms with Crippen molar-refractivity contribution in [1.29, 1.82) is 0 Å². The van der Waals surface area contributed by atoms with E-state index in [9.17, 15) is 4.79 Å². The zero-order chi connectivity index (χ0) is 10.8. The summed E-state index contributed by atoms with van der Waals surface area (Å²) in [6, 6.07) is 6.14. The number of carbonyl (C=O) groups excluding carboxylic acids is 1. The molecule has 0 atom stereocenters. The maximum absolute atomic E-state index is 10.6. The van der Waals surface area contributed by atoms with Crippen molar-refractivity contribution in [3.05, 3.63) is 41.6 Å². The van der Waals surface area contributed by atoms with Gasteiger partial charge in [-0.1, -0.05) is 11.6 Å². The van der Waals surface area contributed by atoms with Gasteiger partial charge < -0.3 is 10.7 Å². The van der Waals surface area contributed by atoms with Crippen molar-refractivity contribution in [2.24, 2.45) is 5.73 Å². The van der Waals surface area contributed by atoms with E-state index in [4.69, 9.17) is 5.73 Å². The summed E-state index contributed by atoms with van der Waals surface area (Å²) in [6.07, 6.45) is 4.95. The van der Waals surface area contributed by atoms with Crippen molar-refractivity contribution in [1.82, 2.24) is 4.98 Å². The Morgan fingerprint density at radius 1 is 1.47 bits per heavy atom. The summed E-state index contributed by atoms with van der Waals surface area (Å²) in [5.41, 5.74) is 8.28. The Labute approximate surface area is 87.6 Å². The summed E-state index contributed by atoms with van der Waals surface area (Å²) in [4.78, 5) is 13.8. The van der Waals surface area contributed by atoms with Crippen molar-refractivity contribution in [3.8, 4) is 0 Å². The first-order chi connectivity index (χ1) is 7.16. The van der Waals surface area contributed by atoms with E-state index in [0.717, 1.165) is 16.5 Å². The lowest BCUT2D eigenvalue weighted by atomic mass is 10.1. The van der Waals surface area contributed by atoms with E-state index in [1.54, 1.807) is 6.08 Å². The number of hydrogen-bond acceptors (Lipinski definition) is 1. The fourth-order valence-corrected chi connectivity index (χ4v) is 1.57. The fourth-order valence-electron chi connectivity index (χ4n) is 1.57. The van der Waals surface area contributed by atoms with Crippen molar-refractivity contribution in [2.75, 3.05) is 0 Å². The van der Waals surface area contributed by atoms with Crippen molar-refractivity contribution < 1.29 is 4.79 Å². The second-order valence-electron chi connectivity index (χ2n) is 3.53. The third-order valence-electron chi connectivity index (χ3n) is 2.30. The molecule has 3 N–H and O–H groups in total. The van der Waals surface area contributed by atoms with Gasteiger partial charge in [0, 0.05) is 23.2 Å². The number of fused-ring (bicyclic) bond motifs is 1. The number of hydrogen-bond donors (Lipinski definition) is 2. The van der Waals surface area contributed by atoms with Crippen LogP contribution in [0.15, 0.2) is 30.5 Å². The van der Waals surface area contributed by atoms with Gasteiger partial charge in [0.2, 0.25) is 5.91 Å². The molecule has 3 nitrogen and oxygen atoms in total. The van der Waals surface area contributed by atoms with E-state index in [-0.39, 0.29) is 0 Å². The molecule has 0 saturated heterocycles. The van der Waals surface area contributed by atoms with Crippen LogP contribution in [0.1, 0.15) is 11.1 Å². The minimum Gasteiger partial charge on any atom is -0.366 e. The first-order valence-electron chi connectivity index (χ1n) is 4.72. The molecule has 15 heavy (non-hydrogen) atoms. The number of H-pyrrole nitrogens is 1.